The lowest BCUT2D eigenvalue weighted by atomic mass is 10.0. The van der Waals surface area contributed by atoms with Crippen LogP contribution in [0.15, 0.2) is 42.5 Å². The van der Waals surface area contributed by atoms with Gasteiger partial charge in [0.25, 0.3) is 0 Å². The Hall–Kier alpha value is -2.76. The molecular formula is C18H18FN3O2. The SMILES string of the molecule is NC(=O)[C@@H](c1ccc(F)cc1)N1CCN2CCOc3cccc1c32. The molecule has 1 atom stereocenters. The maximum atomic E-state index is 13.2. The summed E-state index contributed by atoms with van der Waals surface area (Å²) in [6.45, 7) is 2.95. The highest BCUT2D eigenvalue weighted by atomic mass is 19.1. The third-order valence-electron chi connectivity index (χ3n) is 4.60. The molecule has 5 nitrogen and oxygen atoms in total. The van der Waals surface area contributed by atoms with E-state index in [1.54, 1.807) is 12.1 Å². The molecule has 0 aromatic heterocycles. The van der Waals surface area contributed by atoms with Crippen LogP contribution in [-0.4, -0.2) is 32.1 Å². The molecule has 2 aromatic rings. The molecule has 24 heavy (non-hydrogen) atoms. The average molecular weight is 327 g/mol. The smallest absolute Gasteiger partial charge is 0.244 e. The zero-order valence-corrected chi connectivity index (χ0v) is 13.1. The highest BCUT2D eigenvalue weighted by Crippen LogP contribution is 2.45. The largest absolute Gasteiger partial charge is 0.489 e. The second-order valence-electron chi connectivity index (χ2n) is 6.01. The van der Waals surface area contributed by atoms with Gasteiger partial charge >= 0.3 is 0 Å². The summed E-state index contributed by atoms with van der Waals surface area (Å²) in [5.74, 6) is 0.0347. The molecular weight excluding hydrogens is 309 g/mol. The lowest BCUT2D eigenvalue weighted by Crippen LogP contribution is -2.48. The van der Waals surface area contributed by atoms with E-state index in [0.29, 0.717) is 18.7 Å². The van der Waals surface area contributed by atoms with E-state index in [2.05, 4.69) is 4.90 Å². The molecule has 0 saturated carbocycles. The summed E-state index contributed by atoms with van der Waals surface area (Å²) in [5, 5.41) is 0. The fourth-order valence-electron chi connectivity index (χ4n) is 3.54. The monoisotopic (exact) mass is 327 g/mol. The van der Waals surface area contributed by atoms with Gasteiger partial charge < -0.3 is 20.3 Å². The summed E-state index contributed by atoms with van der Waals surface area (Å²) in [6.07, 6.45) is 0. The van der Waals surface area contributed by atoms with E-state index in [0.717, 1.165) is 30.2 Å². The van der Waals surface area contributed by atoms with Crippen molar-refractivity contribution in [2.75, 3.05) is 36.0 Å². The molecule has 6 heteroatoms. The molecule has 2 heterocycles. The van der Waals surface area contributed by atoms with Gasteiger partial charge in [-0.3, -0.25) is 4.79 Å². The Balaban J connectivity index is 1.80. The van der Waals surface area contributed by atoms with Gasteiger partial charge in [0.2, 0.25) is 5.91 Å². The molecule has 0 bridgehead atoms. The maximum absolute atomic E-state index is 13.2. The van der Waals surface area contributed by atoms with Crippen LogP contribution in [0.3, 0.4) is 0 Å². The van der Waals surface area contributed by atoms with Gasteiger partial charge in [-0.1, -0.05) is 18.2 Å². The molecule has 0 spiro atoms. The lowest BCUT2D eigenvalue weighted by Gasteiger charge is -2.44. The predicted molar refractivity (Wildman–Crippen MR) is 89.8 cm³/mol. The second kappa shape index (κ2) is 5.70. The van der Waals surface area contributed by atoms with Gasteiger partial charge in [-0.25, -0.2) is 4.39 Å². The Kier molecular flexibility index (Phi) is 3.52. The zero-order valence-electron chi connectivity index (χ0n) is 13.1. The number of nitrogens with zero attached hydrogens (tertiary/aromatic N) is 2. The minimum Gasteiger partial charge on any atom is -0.489 e. The van der Waals surface area contributed by atoms with E-state index < -0.39 is 11.9 Å². The quantitative estimate of drug-likeness (QED) is 0.938. The number of halogens is 1. The molecule has 124 valence electrons. The number of rotatable bonds is 3. The van der Waals surface area contributed by atoms with E-state index in [9.17, 15) is 9.18 Å². The standard InChI is InChI=1S/C18H18FN3O2/c19-13-6-4-12(5-7-13)16(18(20)23)22-9-8-21-10-11-24-15-3-1-2-14(22)17(15)21/h1-7,16H,8-11H2,(H2,20,23)/t16-/m1/s1. The van der Waals surface area contributed by atoms with Crippen molar-refractivity contribution in [3.8, 4) is 5.75 Å². The molecule has 4 rings (SSSR count). The van der Waals surface area contributed by atoms with E-state index in [1.165, 1.54) is 12.1 Å². The first-order valence-corrected chi connectivity index (χ1v) is 7.97. The normalized spacial score (nSPS) is 17.0. The van der Waals surface area contributed by atoms with Crippen LogP contribution in [0, 0.1) is 5.82 Å². The molecule has 2 aliphatic heterocycles. The van der Waals surface area contributed by atoms with Crippen molar-refractivity contribution in [1.82, 2.24) is 0 Å². The van der Waals surface area contributed by atoms with E-state index in [-0.39, 0.29) is 5.82 Å². The Morgan fingerprint density at radius 2 is 1.92 bits per heavy atom. The van der Waals surface area contributed by atoms with Crippen LogP contribution in [0.5, 0.6) is 5.75 Å². The van der Waals surface area contributed by atoms with Crippen LogP contribution in [0.4, 0.5) is 15.8 Å². The minimum absolute atomic E-state index is 0.336. The van der Waals surface area contributed by atoms with Gasteiger partial charge in [0.15, 0.2) is 0 Å². The molecule has 2 aromatic carbocycles. The van der Waals surface area contributed by atoms with Gasteiger partial charge in [0.1, 0.15) is 29.9 Å². The van der Waals surface area contributed by atoms with Gasteiger partial charge in [0.05, 0.1) is 12.2 Å². The number of anilines is 2. The second-order valence-corrected chi connectivity index (χ2v) is 6.01. The van der Waals surface area contributed by atoms with Crippen molar-refractivity contribution in [2.45, 2.75) is 6.04 Å². The van der Waals surface area contributed by atoms with Crippen LogP contribution in [0.2, 0.25) is 0 Å². The fourth-order valence-corrected chi connectivity index (χ4v) is 3.54. The number of primary amides is 1. The highest BCUT2D eigenvalue weighted by Gasteiger charge is 2.34. The number of nitrogens with two attached hydrogens (primary N) is 1. The molecule has 2 aliphatic rings. The summed E-state index contributed by atoms with van der Waals surface area (Å²) >= 11 is 0. The predicted octanol–water partition coefficient (Wildman–Crippen LogP) is 2.07. The number of para-hydroxylation sites is 1. The summed E-state index contributed by atoms with van der Waals surface area (Å²) in [5.41, 5.74) is 8.31. The number of ether oxygens (including phenoxy) is 1. The first-order chi connectivity index (χ1) is 11.6. The number of hydrogen-bond acceptors (Lipinski definition) is 4. The lowest BCUT2D eigenvalue weighted by molar-refractivity contribution is -0.119. The van der Waals surface area contributed by atoms with E-state index in [1.807, 2.05) is 23.1 Å². The molecule has 2 N–H and O–H groups in total. The van der Waals surface area contributed by atoms with Crippen molar-refractivity contribution in [1.29, 1.82) is 0 Å². The van der Waals surface area contributed by atoms with Crippen molar-refractivity contribution in [3.05, 3.63) is 53.8 Å². The third-order valence-corrected chi connectivity index (χ3v) is 4.60. The number of hydrogen-bond donors (Lipinski definition) is 1. The van der Waals surface area contributed by atoms with Gasteiger partial charge in [-0.2, -0.15) is 0 Å². The Bertz CT molecular complexity index is 778. The molecule has 0 unspecified atom stereocenters. The zero-order chi connectivity index (χ0) is 16.7. The Morgan fingerprint density at radius 3 is 2.67 bits per heavy atom. The van der Waals surface area contributed by atoms with Crippen LogP contribution in [-0.2, 0) is 4.79 Å². The van der Waals surface area contributed by atoms with Crippen LogP contribution < -0.4 is 20.3 Å². The molecule has 0 saturated heterocycles. The van der Waals surface area contributed by atoms with Gasteiger partial charge in [-0.05, 0) is 29.8 Å². The van der Waals surface area contributed by atoms with Crippen LogP contribution in [0.25, 0.3) is 0 Å². The third kappa shape index (κ3) is 2.35. The summed E-state index contributed by atoms with van der Waals surface area (Å²) in [7, 11) is 0. The average Bonchev–Trinajstić information content (AvgIpc) is 2.59. The van der Waals surface area contributed by atoms with Crippen LogP contribution in [0.1, 0.15) is 11.6 Å². The number of amides is 1. The van der Waals surface area contributed by atoms with Crippen molar-refractivity contribution >= 4 is 17.3 Å². The molecule has 0 radical (unpaired) electrons. The van der Waals surface area contributed by atoms with Crippen molar-refractivity contribution in [2.24, 2.45) is 5.73 Å². The number of carbonyl (C=O) groups excluding carboxylic acids is 1. The number of benzene rings is 2. The molecule has 0 aliphatic carbocycles. The summed E-state index contributed by atoms with van der Waals surface area (Å²) < 4.78 is 19.0. The van der Waals surface area contributed by atoms with E-state index in [4.69, 9.17) is 10.5 Å². The Morgan fingerprint density at radius 1 is 1.12 bits per heavy atom. The number of carbonyl (C=O) groups is 1. The van der Waals surface area contributed by atoms with Crippen LogP contribution >= 0.6 is 0 Å². The van der Waals surface area contributed by atoms with E-state index >= 15 is 0 Å². The van der Waals surface area contributed by atoms with Gasteiger partial charge in [0, 0.05) is 13.1 Å². The first-order valence-electron chi connectivity index (χ1n) is 7.97. The van der Waals surface area contributed by atoms with Crippen molar-refractivity contribution < 1.29 is 13.9 Å². The Labute approximate surface area is 139 Å². The maximum Gasteiger partial charge on any atom is 0.244 e. The summed E-state index contributed by atoms with van der Waals surface area (Å²) in [6, 6.07) is 11.1. The summed E-state index contributed by atoms with van der Waals surface area (Å²) in [4.78, 5) is 16.4. The first kappa shape index (κ1) is 14.8. The topological polar surface area (TPSA) is 58.8 Å². The van der Waals surface area contributed by atoms with Crippen molar-refractivity contribution in [3.63, 3.8) is 0 Å². The minimum atomic E-state index is -0.638. The molecule has 0 fully saturated rings. The van der Waals surface area contributed by atoms with Gasteiger partial charge in [-0.15, -0.1) is 0 Å². The molecule has 1 amide bonds. The highest BCUT2D eigenvalue weighted by molar-refractivity contribution is 5.89. The fraction of sp³-hybridized carbons (Fsp3) is 0.278.